The average molecular weight is 402 g/mol. The monoisotopic (exact) mass is 401 g/mol. The molecule has 0 saturated heterocycles. The Kier molecular flexibility index (Phi) is 5.84. The molecule has 0 fully saturated rings. The summed E-state index contributed by atoms with van der Waals surface area (Å²) >= 11 is 5.47. The molecule has 3 aromatic rings. The standard InChI is InChI=1S/C20H23N3S3/c1-3-24-18-17-15-10-11-23(12-14-8-6-5-7-9-14)13-16(15)26-19(17)22-20(21-18)25-4-2/h5-9H,3-4,10-13H2,1-2H3. The van der Waals surface area contributed by atoms with Crippen molar-refractivity contribution < 1.29 is 0 Å². The second kappa shape index (κ2) is 8.30. The first kappa shape index (κ1) is 18.3. The van der Waals surface area contributed by atoms with E-state index in [1.807, 2.05) is 23.1 Å². The summed E-state index contributed by atoms with van der Waals surface area (Å²) in [6, 6.07) is 10.8. The van der Waals surface area contributed by atoms with E-state index in [-0.39, 0.29) is 0 Å². The van der Waals surface area contributed by atoms with Gasteiger partial charge in [0.1, 0.15) is 9.86 Å². The van der Waals surface area contributed by atoms with E-state index in [9.17, 15) is 0 Å². The van der Waals surface area contributed by atoms with E-state index in [1.54, 1.807) is 11.8 Å². The number of hydrogen-bond donors (Lipinski definition) is 0. The van der Waals surface area contributed by atoms with Crippen molar-refractivity contribution in [1.29, 1.82) is 0 Å². The molecule has 0 spiro atoms. The second-order valence-corrected chi connectivity index (χ2v) is 9.88. The van der Waals surface area contributed by atoms with Crippen LogP contribution in [0.5, 0.6) is 0 Å². The number of thiophene rings is 1. The van der Waals surface area contributed by atoms with Gasteiger partial charge < -0.3 is 0 Å². The van der Waals surface area contributed by atoms with Crippen molar-refractivity contribution in [3.8, 4) is 0 Å². The van der Waals surface area contributed by atoms with Gasteiger partial charge in [-0.3, -0.25) is 4.90 Å². The molecule has 3 nitrogen and oxygen atoms in total. The number of fused-ring (bicyclic) bond motifs is 3. The van der Waals surface area contributed by atoms with Gasteiger partial charge in [-0.05, 0) is 29.1 Å². The van der Waals surface area contributed by atoms with Crippen LogP contribution in [0.3, 0.4) is 0 Å². The molecule has 6 heteroatoms. The molecule has 0 atom stereocenters. The van der Waals surface area contributed by atoms with Crippen LogP contribution in [-0.4, -0.2) is 32.9 Å². The molecule has 0 N–H and O–H groups in total. The molecule has 0 bridgehead atoms. The van der Waals surface area contributed by atoms with Gasteiger partial charge in [0.15, 0.2) is 5.16 Å². The zero-order chi connectivity index (χ0) is 17.9. The van der Waals surface area contributed by atoms with Gasteiger partial charge in [0.25, 0.3) is 0 Å². The highest BCUT2D eigenvalue weighted by Crippen LogP contribution is 2.40. The first-order valence-corrected chi connectivity index (χ1v) is 11.9. The Morgan fingerprint density at radius 2 is 1.88 bits per heavy atom. The lowest BCUT2D eigenvalue weighted by Gasteiger charge is -2.27. The van der Waals surface area contributed by atoms with Gasteiger partial charge in [0.05, 0.1) is 0 Å². The van der Waals surface area contributed by atoms with Gasteiger partial charge in [-0.15, -0.1) is 23.1 Å². The maximum absolute atomic E-state index is 4.86. The van der Waals surface area contributed by atoms with Crippen molar-refractivity contribution in [3.63, 3.8) is 0 Å². The van der Waals surface area contributed by atoms with Crippen molar-refractivity contribution in [1.82, 2.24) is 14.9 Å². The Balaban J connectivity index is 1.65. The third kappa shape index (κ3) is 3.79. The minimum atomic E-state index is 0.927. The van der Waals surface area contributed by atoms with Gasteiger partial charge in [0, 0.05) is 29.9 Å². The van der Waals surface area contributed by atoms with Gasteiger partial charge in [-0.1, -0.05) is 55.9 Å². The summed E-state index contributed by atoms with van der Waals surface area (Å²) in [6.07, 6.45) is 1.10. The summed E-state index contributed by atoms with van der Waals surface area (Å²) in [4.78, 5) is 14.9. The Hall–Kier alpha value is -1.08. The summed E-state index contributed by atoms with van der Waals surface area (Å²) < 4.78 is 0. The van der Waals surface area contributed by atoms with Crippen LogP contribution in [0.25, 0.3) is 10.2 Å². The Bertz CT molecular complexity index is 892. The van der Waals surface area contributed by atoms with Crippen LogP contribution in [0.4, 0.5) is 0 Å². The molecule has 26 heavy (non-hydrogen) atoms. The largest absolute Gasteiger partial charge is 0.294 e. The molecule has 3 heterocycles. The van der Waals surface area contributed by atoms with E-state index < -0.39 is 0 Å². The summed E-state index contributed by atoms with van der Waals surface area (Å²) in [5.74, 6) is 2.06. The molecule has 0 aliphatic carbocycles. The van der Waals surface area contributed by atoms with Crippen LogP contribution >= 0.6 is 34.9 Å². The van der Waals surface area contributed by atoms with Crippen molar-refractivity contribution in [2.24, 2.45) is 0 Å². The Morgan fingerprint density at radius 1 is 1.08 bits per heavy atom. The van der Waals surface area contributed by atoms with Crippen LogP contribution in [0.1, 0.15) is 29.9 Å². The number of thioether (sulfide) groups is 2. The van der Waals surface area contributed by atoms with E-state index in [0.717, 1.165) is 42.7 Å². The van der Waals surface area contributed by atoms with Crippen molar-refractivity contribution in [2.45, 2.75) is 43.5 Å². The highest BCUT2D eigenvalue weighted by molar-refractivity contribution is 7.99. The number of benzene rings is 1. The molecule has 4 rings (SSSR count). The first-order valence-electron chi connectivity index (χ1n) is 9.12. The van der Waals surface area contributed by atoms with Crippen LogP contribution in [0.15, 0.2) is 40.5 Å². The summed E-state index contributed by atoms with van der Waals surface area (Å²) in [5, 5.41) is 3.44. The maximum atomic E-state index is 4.86. The smallest absolute Gasteiger partial charge is 0.189 e. The van der Waals surface area contributed by atoms with E-state index in [0.29, 0.717) is 0 Å². The quantitative estimate of drug-likeness (QED) is 0.310. The predicted molar refractivity (Wildman–Crippen MR) is 114 cm³/mol. The fraction of sp³-hybridized carbons (Fsp3) is 0.400. The van der Waals surface area contributed by atoms with Crippen LogP contribution in [-0.2, 0) is 19.5 Å². The van der Waals surface area contributed by atoms with Crippen molar-refractivity contribution >= 4 is 45.1 Å². The maximum Gasteiger partial charge on any atom is 0.189 e. The molecule has 0 unspecified atom stereocenters. The van der Waals surface area contributed by atoms with Gasteiger partial charge in [-0.25, -0.2) is 9.97 Å². The Morgan fingerprint density at radius 3 is 2.65 bits per heavy atom. The van der Waals surface area contributed by atoms with Crippen molar-refractivity contribution in [3.05, 3.63) is 46.3 Å². The van der Waals surface area contributed by atoms with Crippen LogP contribution in [0.2, 0.25) is 0 Å². The normalized spacial score (nSPS) is 14.7. The van der Waals surface area contributed by atoms with E-state index in [1.165, 1.54) is 31.2 Å². The lowest BCUT2D eigenvalue weighted by atomic mass is 10.0. The number of nitrogens with zero attached hydrogens (tertiary/aromatic N) is 3. The summed E-state index contributed by atoms with van der Waals surface area (Å²) in [7, 11) is 0. The molecule has 0 amide bonds. The SMILES string of the molecule is CCSc1nc(SCC)c2c3c(sc2n1)CN(Cc1ccccc1)CC3. The average Bonchev–Trinajstić information content (AvgIpc) is 3.01. The van der Waals surface area contributed by atoms with Gasteiger partial charge >= 0.3 is 0 Å². The number of rotatable bonds is 6. The van der Waals surface area contributed by atoms with Gasteiger partial charge in [-0.2, -0.15) is 0 Å². The first-order chi connectivity index (χ1) is 12.8. The second-order valence-electron chi connectivity index (χ2n) is 6.31. The molecule has 0 radical (unpaired) electrons. The fourth-order valence-corrected chi connectivity index (χ4v) is 6.21. The third-order valence-electron chi connectivity index (χ3n) is 4.53. The molecule has 136 valence electrons. The minimum absolute atomic E-state index is 0.927. The third-order valence-corrected chi connectivity index (χ3v) is 7.23. The van der Waals surface area contributed by atoms with E-state index in [4.69, 9.17) is 9.97 Å². The molecule has 1 aromatic carbocycles. The number of aromatic nitrogens is 2. The van der Waals surface area contributed by atoms with E-state index >= 15 is 0 Å². The topological polar surface area (TPSA) is 29.0 Å². The summed E-state index contributed by atoms with van der Waals surface area (Å²) in [6.45, 7) is 7.51. The van der Waals surface area contributed by atoms with Crippen LogP contribution < -0.4 is 0 Å². The fourth-order valence-electron chi connectivity index (χ4n) is 3.41. The lowest BCUT2D eigenvalue weighted by Crippen LogP contribution is -2.29. The highest BCUT2D eigenvalue weighted by atomic mass is 32.2. The summed E-state index contributed by atoms with van der Waals surface area (Å²) in [5.41, 5.74) is 2.89. The lowest BCUT2D eigenvalue weighted by molar-refractivity contribution is 0.249. The van der Waals surface area contributed by atoms with Crippen LogP contribution in [0, 0.1) is 0 Å². The zero-order valence-corrected chi connectivity index (χ0v) is 17.6. The van der Waals surface area contributed by atoms with Crippen molar-refractivity contribution in [2.75, 3.05) is 18.1 Å². The molecule has 1 aliphatic heterocycles. The highest BCUT2D eigenvalue weighted by Gasteiger charge is 2.24. The minimum Gasteiger partial charge on any atom is -0.294 e. The number of hydrogen-bond acceptors (Lipinski definition) is 6. The molecule has 1 aliphatic rings. The predicted octanol–water partition coefficient (Wildman–Crippen LogP) is 5.47. The van der Waals surface area contributed by atoms with E-state index in [2.05, 4.69) is 49.1 Å². The molecular weight excluding hydrogens is 378 g/mol. The molecule has 2 aromatic heterocycles. The Labute approximate surface area is 167 Å². The molecular formula is C20H23N3S3. The zero-order valence-electron chi connectivity index (χ0n) is 15.2. The molecule has 0 saturated carbocycles. The van der Waals surface area contributed by atoms with Gasteiger partial charge in [0.2, 0.25) is 0 Å².